The third-order valence-electron chi connectivity index (χ3n) is 1.29. The van der Waals surface area contributed by atoms with Crippen LogP contribution in [-0.2, 0) is 4.79 Å². The molecule has 0 aliphatic carbocycles. The highest BCUT2D eigenvalue weighted by molar-refractivity contribution is 6.42. The second-order valence-electron chi connectivity index (χ2n) is 2.18. The van der Waals surface area contributed by atoms with Crippen LogP contribution in [0.25, 0.3) is 0 Å². The maximum Gasteiger partial charge on any atom is 0.245 e. The molecule has 0 bridgehead atoms. The van der Waals surface area contributed by atoms with Crippen LogP contribution in [0.15, 0.2) is 6.07 Å². The average molecular weight is 219 g/mol. The Morgan fingerprint density at radius 2 is 2.15 bits per heavy atom. The summed E-state index contributed by atoms with van der Waals surface area (Å²) >= 11 is 11.1. The Morgan fingerprint density at radius 3 is 2.69 bits per heavy atom. The Bertz CT molecular complexity index is 379. The number of nitrogen functional groups attached to an aromatic ring is 1. The molecule has 0 atom stereocenters. The van der Waals surface area contributed by atoms with Gasteiger partial charge < -0.3 is 5.73 Å². The van der Waals surface area contributed by atoms with Gasteiger partial charge in [-0.1, -0.05) is 23.2 Å². The average Bonchev–Trinajstić information content (AvgIpc) is 2.10. The number of Topliss-reactive ketones (excluding diaryl/α,β-unsaturated/α-hetero) is 1. The molecular weight excluding hydrogens is 215 g/mol. The molecule has 13 heavy (non-hydrogen) atoms. The number of nitrogens with two attached hydrogens (primary N) is 1. The van der Waals surface area contributed by atoms with Gasteiger partial charge in [-0.2, -0.15) is 0 Å². The first-order valence-electron chi connectivity index (χ1n) is 3.17. The summed E-state index contributed by atoms with van der Waals surface area (Å²) in [5, 5.41) is -0.0337. The Balaban J connectivity index is 3.36. The molecule has 1 heterocycles. The summed E-state index contributed by atoms with van der Waals surface area (Å²) in [7, 11) is 0. The minimum Gasteiger partial charge on any atom is -0.397 e. The third kappa shape index (κ3) is 1.96. The lowest BCUT2D eigenvalue weighted by Gasteiger charge is -2.01. The molecule has 4 nitrogen and oxygen atoms in total. The fourth-order valence-corrected chi connectivity index (χ4v) is 1.13. The van der Waals surface area contributed by atoms with Crippen molar-refractivity contribution in [3.05, 3.63) is 21.9 Å². The van der Waals surface area contributed by atoms with E-state index in [4.69, 9.17) is 28.9 Å². The predicted octanol–water partition coefficient (Wildman–Crippen LogP) is 1.35. The van der Waals surface area contributed by atoms with E-state index in [0.717, 1.165) is 0 Å². The van der Waals surface area contributed by atoms with Gasteiger partial charge in [-0.15, -0.1) is 0 Å². The molecule has 0 aromatic carbocycles. The lowest BCUT2D eigenvalue weighted by Crippen LogP contribution is -2.06. The number of carbonyl (C=O) groups excluding carboxylic acids is 2. The predicted molar refractivity (Wildman–Crippen MR) is 49.1 cm³/mol. The molecule has 2 N–H and O–H groups in total. The number of nitrogens with zero attached hydrogens (tertiary/aromatic N) is 1. The summed E-state index contributed by atoms with van der Waals surface area (Å²) in [5.74, 6) is -0.848. The van der Waals surface area contributed by atoms with Crippen LogP contribution in [0.5, 0.6) is 0 Å². The summed E-state index contributed by atoms with van der Waals surface area (Å²) in [6.45, 7) is 0. The molecule has 0 radical (unpaired) electrons. The number of hydrogen-bond acceptors (Lipinski definition) is 4. The van der Waals surface area contributed by atoms with Crippen molar-refractivity contribution in [2.45, 2.75) is 0 Å². The first kappa shape index (κ1) is 9.95. The molecule has 0 saturated carbocycles. The van der Waals surface area contributed by atoms with E-state index in [1.54, 1.807) is 0 Å². The topological polar surface area (TPSA) is 73.0 Å². The maximum atomic E-state index is 10.9. The Labute approximate surface area is 83.7 Å². The van der Waals surface area contributed by atoms with Gasteiger partial charge in [-0.05, 0) is 6.07 Å². The van der Waals surface area contributed by atoms with Crippen molar-refractivity contribution < 1.29 is 9.59 Å². The summed E-state index contributed by atoms with van der Waals surface area (Å²) < 4.78 is 0. The van der Waals surface area contributed by atoms with Crippen molar-refractivity contribution in [1.29, 1.82) is 0 Å². The number of anilines is 1. The summed E-state index contributed by atoms with van der Waals surface area (Å²) in [6.07, 6.45) is 0.101. The van der Waals surface area contributed by atoms with Crippen LogP contribution < -0.4 is 5.73 Å². The molecule has 0 unspecified atom stereocenters. The summed E-state index contributed by atoms with van der Waals surface area (Å²) in [5.41, 5.74) is 5.29. The highest BCUT2D eigenvalue weighted by Crippen LogP contribution is 2.24. The standard InChI is InChI=1S/C7H4Cl2N2O2/c8-5-1-3(10)6(9)7(11-5)4(13)2-12/h1-2H,(H2,10,11). The van der Waals surface area contributed by atoms with Crippen LogP contribution in [0.4, 0.5) is 5.69 Å². The molecule has 0 spiro atoms. The van der Waals surface area contributed by atoms with Gasteiger partial charge in [0.25, 0.3) is 0 Å². The largest absolute Gasteiger partial charge is 0.397 e. The van der Waals surface area contributed by atoms with Crippen molar-refractivity contribution in [3.8, 4) is 0 Å². The molecule has 0 aliphatic heterocycles. The van der Waals surface area contributed by atoms with E-state index in [9.17, 15) is 9.59 Å². The van der Waals surface area contributed by atoms with Crippen LogP contribution in [0, 0.1) is 0 Å². The fraction of sp³-hybridized carbons (Fsp3) is 0. The van der Waals surface area contributed by atoms with Crippen molar-refractivity contribution in [3.63, 3.8) is 0 Å². The minimum absolute atomic E-state index is 0.0205. The smallest absolute Gasteiger partial charge is 0.245 e. The SMILES string of the molecule is Nc1cc(Cl)nc(C(=O)C=O)c1Cl. The highest BCUT2D eigenvalue weighted by Gasteiger charge is 2.14. The van der Waals surface area contributed by atoms with E-state index < -0.39 is 5.78 Å². The molecule has 1 aromatic rings. The molecular formula is C7H4Cl2N2O2. The molecule has 0 amide bonds. The van der Waals surface area contributed by atoms with Crippen LogP contribution in [0.1, 0.15) is 10.5 Å². The van der Waals surface area contributed by atoms with E-state index >= 15 is 0 Å². The maximum absolute atomic E-state index is 10.9. The summed E-state index contributed by atoms with van der Waals surface area (Å²) in [6, 6.07) is 1.30. The number of ketones is 1. The van der Waals surface area contributed by atoms with E-state index in [-0.39, 0.29) is 27.8 Å². The van der Waals surface area contributed by atoms with Gasteiger partial charge in [0.15, 0.2) is 6.29 Å². The molecule has 1 aromatic heterocycles. The lowest BCUT2D eigenvalue weighted by atomic mass is 10.2. The monoisotopic (exact) mass is 218 g/mol. The number of aldehydes is 1. The molecule has 0 fully saturated rings. The van der Waals surface area contributed by atoms with Crippen molar-refractivity contribution in [2.24, 2.45) is 0 Å². The van der Waals surface area contributed by atoms with E-state index in [1.165, 1.54) is 6.07 Å². The second kappa shape index (κ2) is 3.72. The zero-order chi connectivity index (χ0) is 10.0. The highest BCUT2D eigenvalue weighted by atomic mass is 35.5. The van der Waals surface area contributed by atoms with E-state index in [0.29, 0.717) is 0 Å². The Kier molecular flexibility index (Phi) is 2.85. The van der Waals surface area contributed by atoms with Gasteiger partial charge in [0.05, 0.1) is 10.7 Å². The molecule has 0 saturated heterocycles. The van der Waals surface area contributed by atoms with Crippen LogP contribution in [-0.4, -0.2) is 17.1 Å². The Hall–Kier alpha value is -1.13. The van der Waals surface area contributed by atoms with Crippen LogP contribution in [0.3, 0.4) is 0 Å². The first-order chi connectivity index (χ1) is 6.06. The normalized spacial score (nSPS) is 9.69. The lowest BCUT2D eigenvalue weighted by molar-refractivity contribution is -0.104. The van der Waals surface area contributed by atoms with E-state index in [1.807, 2.05) is 0 Å². The zero-order valence-electron chi connectivity index (χ0n) is 6.25. The van der Waals surface area contributed by atoms with E-state index in [2.05, 4.69) is 4.98 Å². The van der Waals surface area contributed by atoms with Gasteiger partial charge in [0.2, 0.25) is 5.78 Å². The summed E-state index contributed by atoms with van der Waals surface area (Å²) in [4.78, 5) is 24.6. The van der Waals surface area contributed by atoms with Crippen molar-refractivity contribution in [1.82, 2.24) is 4.98 Å². The molecule has 6 heteroatoms. The zero-order valence-corrected chi connectivity index (χ0v) is 7.76. The van der Waals surface area contributed by atoms with Gasteiger partial charge in [0, 0.05) is 0 Å². The number of pyridine rings is 1. The van der Waals surface area contributed by atoms with Gasteiger partial charge in [0.1, 0.15) is 10.8 Å². The Morgan fingerprint density at radius 1 is 1.54 bits per heavy atom. The fourth-order valence-electron chi connectivity index (χ4n) is 0.736. The molecule has 0 aliphatic rings. The number of aromatic nitrogens is 1. The van der Waals surface area contributed by atoms with Gasteiger partial charge in [-0.3, -0.25) is 9.59 Å². The minimum atomic E-state index is -0.848. The number of rotatable bonds is 2. The third-order valence-corrected chi connectivity index (χ3v) is 1.89. The quantitative estimate of drug-likeness (QED) is 0.352. The molecule has 68 valence electrons. The second-order valence-corrected chi connectivity index (χ2v) is 2.94. The van der Waals surface area contributed by atoms with Gasteiger partial charge in [-0.25, -0.2) is 4.98 Å². The van der Waals surface area contributed by atoms with Gasteiger partial charge >= 0.3 is 0 Å². The number of hydrogen-bond donors (Lipinski definition) is 1. The van der Waals surface area contributed by atoms with Crippen LogP contribution in [0.2, 0.25) is 10.2 Å². The van der Waals surface area contributed by atoms with Crippen molar-refractivity contribution in [2.75, 3.05) is 5.73 Å². The van der Waals surface area contributed by atoms with Crippen molar-refractivity contribution >= 4 is 41.0 Å². The number of carbonyl (C=O) groups is 2. The number of halogens is 2. The first-order valence-corrected chi connectivity index (χ1v) is 3.93. The molecule has 1 rings (SSSR count). The van der Waals surface area contributed by atoms with Crippen LogP contribution >= 0.6 is 23.2 Å².